The van der Waals surface area contributed by atoms with E-state index in [0.29, 0.717) is 17.9 Å². The quantitative estimate of drug-likeness (QED) is 0.767. The van der Waals surface area contributed by atoms with Gasteiger partial charge in [-0.15, -0.1) is 0 Å². The third kappa shape index (κ3) is 2.55. The molecule has 0 aromatic rings. The van der Waals surface area contributed by atoms with Crippen LogP contribution in [-0.4, -0.2) is 24.4 Å². The normalized spacial score (nSPS) is 46.0. The highest BCUT2D eigenvalue weighted by atomic mass is 16.2. The van der Waals surface area contributed by atoms with Gasteiger partial charge in [0.05, 0.1) is 0 Å². The van der Waals surface area contributed by atoms with Gasteiger partial charge in [0.25, 0.3) is 0 Å². The molecule has 4 aliphatic rings. The van der Waals surface area contributed by atoms with Crippen molar-refractivity contribution in [2.75, 3.05) is 6.54 Å². The molecule has 1 heterocycles. The van der Waals surface area contributed by atoms with E-state index in [1.165, 1.54) is 31.3 Å². The summed E-state index contributed by atoms with van der Waals surface area (Å²) in [6.07, 6.45) is 10.1. The van der Waals surface area contributed by atoms with E-state index in [1.807, 2.05) is 6.08 Å². The molecule has 3 aliphatic carbocycles. The molecule has 4 rings (SSSR count). The molecule has 2 unspecified atom stereocenters. The Morgan fingerprint density at radius 2 is 1.96 bits per heavy atom. The fraction of sp³-hybridized carbons (Fsp3) is 0.810. The van der Waals surface area contributed by atoms with Crippen molar-refractivity contribution in [3.05, 3.63) is 11.6 Å². The van der Waals surface area contributed by atoms with E-state index in [0.717, 1.165) is 31.7 Å². The topological polar surface area (TPSA) is 58.2 Å². The van der Waals surface area contributed by atoms with E-state index >= 15 is 0 Å². The van der Waals surface area contributed by atoms with E-state index in [4.69, 9.17) is 0 Å². The summed E-state index contributed by atoms with van der Waals surface area (Å²) in [5, 5.41) is 6.29. The smallest absolute Gasteiger partial charge is 0.243 e. The Morgan fingerprint density at radius 1 is 1.16 bits per heavy atom. The van der Waals surface area contributed by atoms with Gasteiger partial charge in [0.1, 0.15) is 0 Å². The molecular formula is C21H32N2O2. The predicted molar refractivity (Wildman–Crippen MR) is 97.7 cm³/mol. The van der Waals surface area contributed by atoms with Crippen LogP contribution in [0.15, 0.2) is 11.6 Å². The van der Waals surface area contributed by atoms with Gasteiger partial charge in [-0.05, 0) is 73.5 Å². The highest BCUT2D eigenvalue weighted by Gasteiger charge is 2.58. The van der Waals surface area contributed by atoms with E-state index in [-0.39, 0.29) is 22.6 Å². The minimum atomic E-state index is 0.101. The molecule has 0 radical (unpaired) electrons. The zero-order chi connectivity index (χ0) is 17.8. The van der Waals surface area contributed by atoms with Gasteiger partial charge in [-0.1, -0.05) is 19.4 Å². The molecule has 0 saturated heterocycles. The summed E-state index contributed by atoms with van der Waals surface area (Å²) in [5.41, 5.74) is 1.82. The van der Waals surface area contributed by atoms with E-state index in [1.54, 1.807) is 6.92 Å². The Hall–Kier alpha value is -1.32. The number of nitrogens with one attached hydrogen (secondary N) is 2. The number of rotatable bonds is 1. The average molecular weight is 344 g/mol. The van der Waals surface area contributed by atoms with Crippen molar-refractivity contribution in [3.8, 4) is 0 Å². The van der Waals surface area contributed by atoms with Crippen molar-refractivity contribution in [1.29, 1.82) is 0 Å². The lowest BCUT2D eigenvalue weighted by Gasteiger charge is -2.57. The average Bonchev–Trinajstić information content (AvgIpc) is 2.77. The van der Waals surface area contributed by atoms with Crippen LogP contribution in [0.1, 0.15) is 65.7 Å². The van der Waals surface area contributed by atoms with Crippen molar-refractivity contribution >= 4 is 11.8 Å². The standard InChI is InChI=1S/C21H32N2O2/c1-13(24)23-18-7-6-16-15-5-4-14-12-19(25)22-11-10-20(14,2)17(15)8-9-21(16,18)3/h12,15-18H,4-11H2,1-3H3,(H,22,25)(H,23,24)/t15-,16?,17?,18-,20-,21-/m0/s1. The van der Waals surface area contributed by atoms with Crippen LogP contribution in [0.4, 0.5) is 0 Å². The Morgan fingerprint density at radius 3 is 2.72 bits per heavy atom. The SMILES string of the molecule is CC(=O)N[C@H]1CCC2[C@@H]3CCC4=CC(=O)NCC[C@]4(C)C3CC[C@@]21C. The first-order chi connectivity index (χ1) is 11.8. The summed E-state index contributed by atoms with van der Waals surface area (Å²) >= 11 is 0. The Labute approximate surface area is 151 Å². The van der Waals surface area contributed by atoms with Crippen LogP contribution in [0.25, 0.3) is 0 Å². The number of carbonyl (C=O) groups excluding carboxylic acids is 2. The van der Waals surface area contributed by atoms with E-state index in [2.05, 4.69) is 24.5 Å². The summed E-state index contributed by atoms with van der Waals surface area (Å²) in [6.45, 7) is 7.29. The van der Waals surface area contributed by atoms with Crippen LogP contribution in [0.5, 0.6) is 0 Å². The van der Waals surface area contributed by atoms with Gasteiger partial charge in [-0.2, -0.15) is 0 Å². The molecule has 2 amide bonds. The lowest BCUT2D eigenvalue weighted by Crippen LogP contribution is -2.53. The van der Waals surface area contributed by atoms with Gasteiger partial charge in [0.15, 0.2) is 0 Å². The van der Waals surface area contributed by atoms with Crippen molar-refractivity contribution < 1.29 is 9.59 Å². The van der Waals surface area contributed by atoms with Crippen LogP contribution in [-0.2, 0) is 9.59 Å². The molecule has 0 aromatic carbocycles. The molecule has 4 heteroatoms. The Bertz CT molecular complexity index is 627. The first kappa shape index (κ1) is 17.1. The molecule has 3 saturated carbocycles. The summed E-state index contributed by atoms with van der Waals surface area (Å²) in [4.78, 5) is 23.6. The maximum atomic E-state index is 12.0. The third-order valence-corrected chi connectivity index (χ3v) is 8.36. The number of carbonyl (C=O) groups is 2. The van der Waals surface area contributed by atoms with Crippen LogP contribution in [0, 0.1) is 28.6 Å². The van der Waals surface area contributed by atoms with Gasteiger partial charge in [-0.3, -0.25) is 9.59 Å². The molecule has 2 N–H and O–H groups in total. The first-order valence-corrected chi connectivity index (χ1v) is 10.1. The van der Waals surface area contributed by atoms with Crippen molar-refractivity contribution in [2.45, 2.75) is 71.8 Å². The zero-order valence-corrected chi connectivity index (χ0v) is 15.9. The van der Waals surface area contributed by atoms with Crippen LogP contribution in [0.3, 0.4) is 0 Å². The number of allylic oxidation sites excluding steroid dienone is 1. The lowest BCUT2D eigenvalue weighted by atomic mass is 9.48. The summed E-state index contributed by atoms with van der Waals surface area (Å²) in [6, 6.07) is 0.345. The number of hydrogen-bond acceptors (Lipinski definition) is 2. The number of fused-ring (bicyclic) bond motifs is 5. The minimum Gasteiger partial charge on any atom is -0.353 e. The summed E-state index contributed by atoms with van der Waals surface area (Å²) in [7, 11) is 0. The van der Waals surface area contributed by atoms with Gasteiger partial charge >= 0.3 is 0 Å². The van der Waals surface area contributed by atoms with E-state index < -0.39 is 0 Å². The Kier molecular flexibility index (Phi) is 4.01. The molecule has 138 valence electrons. The molecule has 6 atom stereocenters. The molecule has 3 fully saturated rings. The van der Waals surface area contributed by atoms with Gasteiger partial charge in [-0.25, -0.2) is 0 Å². The van der Waals surface area contributed by atoms with Crippen LogP contribution >= 0.6 is 0 Å². The fourth-order valence-electron chi connectivity index (χ4n) is 7.05. The molecule has 4 nitrogen and oxygen atoms in total. The number of hydrogen-bond donors (Lipinski definition) is 2. The summed E-state index contributed by atoms with van der Waals surface area (Å²) < 4.78 is 0. The highest BCUT2D eigenvalue weighted by molar-refractivity contribution is 5.88. The van der Waals surface area contributed by atoms with Crippen molar-refractivity contribution in [3.63, 3.8) is 0 Å². The van der Waals surface area contributed by atoms with Gasteiger partial charge in [0.2, 0.25) is 11.8 Å². The maximum Gasteiger partial charge on any atom is 0.243 e. The monoisotopic (exact) mass is 344 g/mol. The summed E-state index contributed by atoms with van der Waals surface area (Å²) in [5.74, 6) is 2.36. The lowest BCUT2D eigenvalue weighted by molar-refractivity contribution is -0.121. The minimum absolute atomic E-state index is 0.101. The third-order valence-electron chi connectivity index (χ3n) is 8.36. The Balaban J connectivity index is 1.63. The first-order valence-electron chi connectivity index (χ1n) is 10.1. The highest BCUT2D eigenvalue weighted by Crippen LogP contribution is 2.64. The molecule has 25 heavy (non-hydrogen) atoms. The molecule has 0 aromatic heterocycles. The second-order valence-electron chi connectivity index (χ2n) is 9.42. The van der Waals surface area contributed by atoms with Gasteiger partial charge < -0.3 is 10.6 Å². The second-order valence-corrected chi connectivity index (χ2v) is 9.42. The molecule has 0 bridgehead atoms. The van der Waals surface area contributed by atoms with Crippen LogP contribution in [0.2, 0.25) is 0 Å². The molecule has 1 aliphatic heterocycles. The van der Waals surface area contributed by atoms with Crippen molar-refractivity contribution in [1.82, 2.24) is 10.6 Å². The largest absolute Gasteiger partial charge is 0.353 e. The second kappa shape index (κ2) is 5.85. The van der Waals surface area contributed by atoms with Gasteiger partial charge in [0, 0.05) is 25.6 Å². The van der Waals surface area contributed by atoms with Crippen LogP contribution < -0.4 is 10.6 Å². The van der Waals surface area contributed by atoms with Crippen molar-refractivity contribution in [2.24, 2.45) is 28.6 Å². The predicted octanol–water partition coefficient (Wildman–Crippen LogP) is 3.18. The zero-order valence-electron chi connectivity index (χ0n) is 15.9. The molecular weight excluding hydrogens is 312 g/mol. The fourth-order valence-corrected chi connectivity index (χ4v) is 7.05. The van der Waals surface area contributed by atoms with E-state index in [9.17, 15) is 9.59 Å². The molecule has 0 spiro atoms. The number of amides is 2. The maximum absolute atomic E-state index is 12.0.